The fourth-order valence-electron chi connectivity index (χ4n) is 1.73. The highest BCUT2D eigenvalue weighted by molar-refractivity contribution is 5.88. The average molecular weight is 275 g/mol. The van der Waals surface area contributed by atoms with Crippen LogP contribution < -0.4 is 10.1 Å². The summed E-state index contributed by atoms with van der Waals surface area (Å²) >= 11 is 0. The fourth-order valence-corrected chi connectivity index (χ4v) is 1.73. The van der Waals surface area contributed by atoms with E-state index in [1.807, 2.05) is 12.1 Å². The van der Waals surface area contributed by atoms with Crippen molar-refractivity contribution in [3.05, 3.63) is 59.4 Å². The summed E-state index contributed by atoms with van der Waals surface area (Å²) in [5, 5.41) is 11.8. The average Bonchev–Trinajstić information content (AvgIpc) is 2.46. The molecule has 0 aliphatic rings. The lowest BCUT2D eigenvalue weighted by Gasteiger charge is -2.09. The zero-order valence-electron chi connectivity index (χ0n) is 10.9. The van der Waals surface area contributed by atoms with Gasteiger partial charge in [-0.1, -0.05) is 12.1 Å². The Bertz CT molecular complexity index is 611. The van der Waals surface area contributed by atoms with Gasteiger partial charge in [-0.2, -0.15) is 0 Å². The summed E-state index contributed by atoms with van der Waals surface area (Å²) in [6, 6.07) is 11.0. The van der Waals surface area contributed by atoms with E-state index in [4.69, 9.17) is 9.84 Å². The van der Waals surface area contributed by atoms with Crippen LogP contribution in [0.5, 0.6) is 5.75 Å². The van der Waals surface area contributed by atoms with Crippen LogP contribution >= 0.6 is 0 Å². The van der Waals surface area contributed by atoms with Crippen molar-refractivity contribution < 1.29 is 19.0 Å². The molecule has 4 nitrogen and oxygen atoms in total. The van der Waals surface area contributed by atoms with Crippen LogP contribution in [0.15, 0.2) is 42.5 Å². The second kappa shape index (κ2) is 6.06. The first kappa shape index (κ1) is 13.9. The molecule has 2 N–H and O–H groups in total. The van der Waals surface area contributed by atoms with Gasteiger partial charge in [0.05, 0.1) is 18.4 Å². The highest BCUT2D eigenvalue weighted by Gasteiger charge is 2.08. The summed E-state index contributed by atoms with van der Waals surface area (Å²) in [4.78, 5) is 10.8. The van der Waals surface area contributed by atoms with Crippen molar-refractivity contribution >= 4 is 11.7 Å². The number of rotatable bonds is 5. The number of aromatic carboxylic acids is 1. The molecule has 0 amide bonds. The number of methoxy groups -OCH3 is 1. The number of ether oxygens (including phenoxy) is 1. The summed E-state index contributed by atoms with van der Waals surface area (Å²) in [6.45, 7) is 0.393. The fraction of sp³-hybridized carbons (Fsp3) is 0.133. The summed E-state index contributed by atoms with van der Waals surface area (Å²) in [7, 11) is 1.58. The van der Waals surface area contributed by atoms with E-state index in [-0.39, 0.29) is 11.3 Å². The molecule has 0 fully saturated rings. The topological polar surface area (TPSA) is 58.6 Å². The Morgan fingerprint density at radius 1 is 1.25 bits per heavy atom. The summed E-state index contributed by atoms with van der Waals surface area (Å²) < 4.78 is 18.6. The van der Waals surface area contributed by atoms with Crippen molar-refractivity contribution in [2.24, 2.45) is 0 Å². The van der Waals surface area contributed by atoms with Crippen LogP contribution in [0.25, 0.3) is 0 Å². The molecule has 0 aliphatic carbocycles. The minimum Gasteiger partial charge on any atom is -0.497 e. The van der Waals surface area contributed by atoms with Gasteiger partial charge >= 0.3 is 5.97 Å². The number of carboxylic acid groups (broad SMARTS) is 1. The quantitative estimate of drug-likeness (QED) is 0.880. The molecule has 104 valence electrons. The Labute approximate surface area is 115 Å². The van der Waals surface area contributed by atoms with E-state index >= 15 is 0 Å². The number of carbonyl (C=O) groups is 1. The lowest BCUT2D eigenvalue weighted by molar-refractivity contribution is 0.0697. The molecule has 20 heavy (non-hydrogen) atoms. The molecule has 2 rings (SSSR count). The molecular weight excluding hydrogens is 261 g/mol. The highest BCUT2D eigenvalue weighted by Crippen LogP contribution is 2.18. The first-order chi connectivity index (χ1) is 9.60. The van der Waals surface area contributed by atoms with Gasteiger partial charge < -0.3 is 15.2 Å². The molecular formula is C15H14FNO3. The zero-order valence-corrected chi connectivity index (χ0v) is 10.9. The SMILES string of the molecule is COc1ccc(CNc2cc(C(=O)O)ccc2F)cc1. The maximum Gasteiger partial charge on any atom is 0.335 e. The summed E-state index contributed by atoms with van der Waals surface area (Å²) in [6.07, 6.45) is 0. The third-order valence-corrected chi connectivity index (χ3v) is 2.86. The minimum absolute atomic E-state index is 0.0450. The number of benzene rings is 2. The minimum atomic E-state index is -1.09. The predicted octanol–water partition coefficient (Wildman–Crippen LogP) is 3.14. The Balaban J connectivity index is 2.09. The molecule has 0 atom stereocenters. The monoisotopic (exact) mass is 275 g/mol. The van der Waals surface area contributed by atoms with E-state index in [2.05, 4.69) is 5.32 Å². The maximum atomic E-state index is 13.6. The Morgan fingerprint density at radius 2 is 1.95 bits per heavy atom. The molecule has 0 saturated carbocycles. The van der Waals surface area contributed by atoms with Crippen molar-refractivity contribution in [3.63, 3.8) is 0 Å². The van der Waals surface area contributed by atoms with Gasteiger partial charge in [0, 0.05) is 6.54 Å². The van der Waals surface area contributed by atoms with E-state index in [1.54, 1.807) is 19.2 Å². The maximum absolute atomic E-state index is 13.6. The van der Waals surface area contributed by atoms with Crippen LogP contribution in [-0.2, 0) is 6.54 Å². The lowest BCUT2D eigenvalue weighted by Crippen LogP contribution is -2.04. The molecule has 5 heteroatoms. The largest absolute Gasteiger partial charge is 0.497 e. The lowest BCUT2D eigenvalue weighted by atomic mass is 10.1. The van der Waals surface area contributed by atoms with Crippen molar-refractivity contribution in [1.29, 1.82) is 0 Å². The molecule has 0 radical (unpaired) electrons. The zero-order chi connectivity index (χ0) is 14.5. The third kappa shape index (κ3) is 3.26. The van der Waals surface area contributed by atoms with Gasteiger partial charge in [0.2, 0.25) is 0 Å². The Morgan fingerprint density at radius 3 is 2.55 bits per heavy atom. The number of anilines is 1. The van der Waals surface area contributed by atoms with Gasteiger partial charge in [0.15, 0.2) is 0 Å². The van der Waals surface area contributed by atoms with E-state index in [1.165, 1.54) is 12.1 Å². The van der Waals surface area contributed by atoms with Gasteiger partial charge in [-0.15, -0.1) is 0 Å². The second-order valence-electron chi connectivity index (χ2n) is 4.20. The van der Waals surface area contributed by atoms with E-state index < -0.39 is 11.8 Å². The van der Waals surface area contributed by atoms with Crippen LogP contribution in [-0.4, -0.2) is 18.2 Å². The smallest absolute Gasteiger partial charge is 0.335 e. The second-order valence-corrected chi connectivity index (χ2v) is 4.20. The number of halogens is 1. The molecule has 0 heterocycles. The molecule has 0 aliphatic heterocycles. The predicted molar refractivity (Wildman–Crippen MR) is 73.7 cm³/mol. The molecule has 2 aromatic rings. The van der Waals surface area contributed by atoms with Crippen LogP contribution in [0.3, 0.4) is 0 Å². The van der Waals surface area contributed by atoms with Crippen molar-refractivity contribution in [2.45, 2.75) is 6.54 Å². The number of hydrogen-bond acceptors (Lipinski definition) is 3. The normalized spacial score (nSPS) is 10.1. The van der Waals surface area contributed by atoms with Gasteiger partial charge in [-0.05, 0) is 35.9 Å². The first-order valence-electron chi connectivity index (χ1n) is 6.00. The molecule has 0 saturated heterocycles. The molecule has 2 aromatic carbocycles. The summed E-state index contributed by atoms with van der Waals surface area (Å²) in [5.74, 6) is -0.825. The van der Waals surface area contributed by atoms with Crippen LogP contribution in [0.2, 0.25) is 0 Å². The standard InChI is InChI=1S/C15H14FNO3/c1-20-12-5-2-10(3-6-12)9-17-14-8-11(15(18)19)4-7-13(14)16/h2-8,17H,9H2,1H3,(H,18,19). The summed E-state index contributed by atoms with van der Waals surface area (Å²) in [5.41, 5.74) is 1.15. The van der Waals surface area contributed by atoms with Gasteiger partial charge in [-0.3, -0.25) is 0 Å². The van der Waals surface area contributed by atoms with Crippen LogP contribution in [0, 0.1) is 5.82 Å². The van der Waals surface area contributed by atoms with Gasteiger partial charge in [0.25, 0.3) is 0 Å². The number of carboxylic acids is 1. The van der Waals surface area contributed by atoms with E-state index in [0.29, 0.717) is 6.54 Å². The highest BCUT2D eigenvalue weighted by atomic mass is 19.1. The van der Waals surface area contributed by atoms with Gasteiger partial charge in [-0.25, -0.2) is 9.18 Å². The van der Waals surface area contributed by atoms with Crippen molar-refractivity contribution in [2.75, 3.05) is 12.4 Å². The first-order valence-corrected chi connectivity index (χ1v) is 6.00. The number of hydrogen-bond donors (Lipinski definition) is 2. The van der Waals surface area contributed by atoms with Crippen molar-refractivity contribution in [1.82, 2.24) is 0 Å². The van der Waals surface area contributed by atoms with E-state index in [9.17, 15) is 9.18 Å². The molecule has 0 spiro atoms. The van der Waals surface area contributed by atoms with Gasteiger partial charge in [0.1, 0.15) is 11.6 Å². The molecule has 0 aromatic heterocycles. The van der Waals surface area contributed by atoms with Crippen LogP contribution in [0.4, 0.5) is 10.1 Å². The number of nitrogens with one attached hydrogen (secondary N) is 1. The van der Waals surface area contributed by atoms with Crippen LogP contribution in [0.1, 0.15) is 15.9 Å². The Kier molecular flexibility index (Phi) is 4.20. The van der Waals surface area contributed by atoms with Crippen molar-refractivity contribution in [3.8, 4) is 5.75 Å². The Hall–Kier alpha value is -2.56. The van der Waals surface area contributed by atoms with E-state index in [0.717, 1.165) is 17.4 Å². The third-order valence-electron chi connectivity index (χ3n) is 2.86. The molecule has 0 bridgehead atoms. The molecule has 0 unspecified atom stereocenters.